The van der Waals surface area contributed by atoms with Crippen LogP contribution in [0.1, 0.15) is 11.6 Å². The second-order valence-corrected chi connectivity index (χ2v) is 4.13. The molecule has 0 amide bonds. The highest BCUT2D eigenvalue weighted by Gasteiger charge is 2.12. The Balaban J connectivity index is 2.04. The van der Waals surface area contributed by atoms with Crippen molar-refractivity contribution in [2.45, 2.75) is 6.04 Å². The van der Waals surface area contributed by atoms with Gasteiger partial charge in [0.2, 0.25) is 0 Å². The molecule has 0 bridgehead atoms. The zero-order valence-electron chi connectivity index (χ0n) is 10.7. The van der Waals surface area contributed by atoms with Crippen LogP contribution in [0.4, 0.5) is 0 Å². The van der Waals surface area contributed by atoms with Gasteiger partial charge in [-0.15, -0.1) is 0 Å². The molecule has 2 aromatic rings. The molecule has 0 aromatic heterocycles. The number of methoxy groups -OCH3 is 1. The molecule has 4 nitrogen and oxygen atoms in total. The molecule has 0 spiro atoms. The highest BCUT2D eigenvalue weighted by atomic mass is 16.5. The Morgan fingerprint density at radius 2 is 1.68 bits per heavy atom. The summed E-state index contributed by atoms with van der Waals surface area (Å²) in [6.07, 6.45) is 0. The third-order valence-corrected chi connectivity index (χ3v) is 2.82. The summed E-state index contributed by atoms with van der Waals surface area (Å²) in [7, 11) is 1.59. The SMILES string of the molecule is COc1ccccc1OCC(N)c1ccccc1O. The standard InChI is InChI=1S/C15H17NO3/c1-18-14-8-4-5-9-15(14)19-10-12(16)11-6-2-3-7-13(11)17/h2-9,12,17H,10,16H2,1H3. The summed E-state index contributed by atoms with van der Waals surface area (Å²) < 4.78 is 10.8. The minimum absolute atomic E-state index is 0.179. The normalized spacial score (nSPS) is 11.9. The lowest BCUT2D eigenvalue weighted by Crippen LogP contribution is -2.19. The van der Waals surface area contributed by atoms with Crippen molar-refractivity contribution in [1.29, 1.82) is 0 Å². The first-order valence-corrected chi connectivity index (χ1v) is 6.01. The number of hydrogen-bond acceptors (Lipinski definition) is 4. The van der Waals surface area contributed by atoms with Crippen molar-refractivity contribution in [3.8, 4) is 17.2 Å². The van der Waals surface area contributed by atoms with E-state index in [1.54, 1.807) is 25.3 Å². The zero-order chi connectivity index (χ0) is 13.7. The van der Waals surface area contributed by atoms with Crippen molar-refractivity contribution < 1.29 is 14.6 Å². The smallest absolute Gasteiger partial charge is 0.161 e. The maximum absolute atomic E-state index is 9.72. The number of nitrogens with two attached hydrogens (primary N) is 1. The van der Waals surface area contributed by atoms with E-state index in [1.165, 1.54) is 0 Å². The summed E-state index contributed by atoms with van der Waals surface area (Å²) in [5, 5.41) is 9.72. The van der Waals surface area contributed by atoms with Crippen molar-refractivity contribution in [3.63, 3.8) is 0 Å². The molecule has 3 N–H and O–H groups in total. The lowest BCUT2D eigenvalue weighted by atomic mass is 10.1. The average Bonchev–Trinajstić information content (AvgIpc) is 2.45. The van der Waals surface area contributed by atoms with Crippen molar-refractivity contribution in [1.82, 2.24) is 0 Å². The molecule has 0 aliphatic rings. The van der Waals surface area contributed by atoms with Crippen molar-refractivity contribution >= 4 is 0 Å². The molecule has 0 aliphatic carbocycles. The zero-order valence-corrected chi connectivity index (χ0v) is 10.7. The van der Waals surface area contributed by atoms with Crippen LogP contribution in [0.25, 0.3) is 0 Å². The van der Waals surface area contributed by atoms with Gasteiger partial charge in [-0.05, 0) is 18.2 Å². The molecule has 19 heavy (non-hydrogen) atoms. The number of para-hydroxylation sites is 3. The fourth-order valence-electron chi connectivity index (χ4n) is 1.81. The summed E-state index contributed by atoms with van der Waals surface area (Å²) in [6, 6.07) is 14.0. The Labute approximate surface area is 112 Å². The van der Waals surface area contributed by atoms with E-state index >= 15 is 0 Å². The van der Waals surface area contributed by atoms with Crippen LogP contribution in [0.15, 0.2) is 48.5 Å². The fraction of sp³-hybridized carbons (Fsp3) is 0.200. The summed E-state index contributed by atoms with van der Waals surface area (Å²) in [5.74, 6) is 1.47. The van der Waals surface area contributed by atoms with Gasteiger partial charge in [-0.25, -0.2) is 0 Å². The van der Waals surface area contributed by atoms with Gasteiger partial charge in [0.05, 0.1) is 13.2 Å². The minimum Gasteiger partial charge on any atom is -0.508 e. The molecule has 0 fully saturated rings. The van der Waals surface area contributed by atoms with E-state index in [0.29, 0.717) is 17.1 Å². The monoisotopic (exact) mass is 259 g/mol. The summed E-state index contributed by atoms with van der Waals surface area (Å²) in [6.45, 7) is 0.262. The van der Waals surface area contributed by atoms with Crippen molar-refractivity contribution in [3.05, 3.63) is 54.1 Å². The quantitative estimate of drug-likeness (QED) is 0.865. The third-order valence-electron chi connectivity index (χ3n) is 2.82. The summed E-state index contributed by atoms with van der Waals surface area (Å²) in [4.78, 5) is 0. The Morgan fingerprint density at radius 3 is 2.37 bits per heavy atom. The van der Waals surface area contributed by atoms with Crippen LogP contribution >= 0.6 is 0 Å². The summed E-state index contributed by atoms with van der Waals surface area (Å²) in [5.41, 5.74) is 6.67. The topological polar surface area (TPSA) is 64.7 Å². The predicted molar refractivity (Wildman–Crippen MR) is 73.5 cm³/mol. The minimum atomic E-state index is -0.397. The molecule has 1 atom stereocenters. The van der Waals surface area contributed by atoms with Crippen LogP contribution < -0.4 is 15.2 Å². The average molecular weight is 259 g/mol. The van der Waals surface area contributed by atoms with Gasteiger partial charge < -0.3 is 20.3 Å². The largest absolute Gasteiger partial charge is 0.508 e. The molecule has 0 heterocycles. The highest BCUT2D eigenvalue weighted by Crippen LogP contribution is 2.28. The van der Waals surface area contributed by atoms with E-state index in [1.807, 2.05) is 30.3 Å². The van der Waals surface area contributed by atoms with Gasteiger partial charge in [-0.1, -0.05) is 30.3 Å². The van der Waals surface area contributed by atoms with Gasteiger partial charge in [0.1, 0.15) is 12.4 Å². The molecule has 4 heteroatoms. The van der Waals surface area contributed by atoms with Crippen LogP contribution in [0.5, 0.6) is 17.2 Å². The van der Waals surface area contributed by atoms with Crippen molar-refractivity contribution in [2.75, 3.05) is 13.7 Å². The lowest BCUT2D eigenvalue weighted by Gasteiger charge is -2.16. The van der Waals surface area contributed by atoms with Crippen LogP contribution in [-0.4, -0.2) is 18.8 Å². The first-order valence-electron chi connectivity index (χ1n) is 6.01. The molecular formula is C15H17NO3. The number of phenols is 1. The molecule has 100 valence electrons. The second kappa shape index (κ2) is 6.11. The van der Waals surface area contributed by atoms with Gasteiger partial charge >= 0.3 is 0 Å². The van der Waals surface area contributed by atoms with E-state index < -0.39 is 6.04 Å². The maximum Gasteiger partial charge on any atom is 0.161 e. The van der Waals surface area contributed by atoms with E-state index in [-0.39, 0.29) is 12.4 Å². The number of aromatic hydroxyl groups is 1. The molecule has 2 aromatic carbocycles. The van der Waals surface area contributed by atoms with Gasteiger partial charge in [-0.2, -0.15) is 0 Å². The highest BCUT2D eigenvalue weighted by molar-refractivity contribution is 5.40. The molecule has 1 unspecified atom stereocenters. The molecule has 0 aliphatic heterocycles. The molecular weight excluding hydrogens is 242 g/mol. The fourth-order valence-corrected chi connectivity index (χ4v) is 1.81. The van der Waals surface area contributed by atoms with Crippen molar-refractivity contribution in [2.24, 2.45) is 5.73 Å². The van der Waals surface area contributed by atoms with Crippen LogP contribution in [-0.2, 0) is 0 Å². The van der Waals surface area contributed by atoms with Crippen LogP contribution in [0.3, 0.4) is 0 Å². The van der Waals surface area contributed by atoms with E-state index in [0.717, 1.165) is 0 Å². The predicted octanol–water partition coefficient (Wildman–Crippen LogP) is 2.48. The first-order chi connectivity index (χ1) is 9.22. The summed E-state index contributed by atoms with van der Waals surface area (Å²) >= 11 is 0. The van der Waals surface area contributed by atoms with Gasteiger partial charge in [-0.3, -0.25) is 0 Å². The third kappa shape index (κ3) is 3.17. The van der Waals surface area contributed by atoms with Gasteiger partial charge in [0.15, 0.2) is 11.5 Å². The first kappa shape index (κ1) is 13.2. The Morgan fingerprint density at radius 1 is 1.05 bits per heavy atom. The molecule has 2 rings (SSSR count). The number of ether oxygens (including phenoxy) is 2. The van der Waals surface area contributed by atoms with Gasteiger partial charge in [0, 0.05) is 5.56 Å². The van der Waals surface area contributed by atoms with E-state index in [9.17, 15) is 5.11 Å². The Kier molecular flexibility index (Phi) is 4.26. The number of rotatable bonds is 5. The van der Waals surface area contributed by atoms with Crippen LogP contribution in [0.2, 0.25) is 0 Å². The van der Waals surface area contributed by atoms with E-state index in [4.69, 9.17) is 15.2 Å². The lowest BCUT2D eigenvalue weighted by molar-refractivity contribution is 0.271. The maximum atomic E-state index is 9.72. The Hall–Kier alpha value is -2.20. The molecule has 0 radical (unpaired) electrons. The molecule has 0 saturated heterocycles. The van der Waals surface area contributed by atoms with Gasteiger partial charge in [0.25, 0.3) is 0 Å². The van der Waals surface area contributed by atoms with E-state index in [2.05, 4.69) is 0 Å². The number of benzene rings is 2. The Bertz CT molecular complexity index is 542. The number of hydrogen-bond donors (Lipinski definition) is 2. The van der Waals surface area contributed by atoms with Crippen LogP contribution in [0, 0.1) is 0 Å². The second-order valence-electron chi connectivity index (χ2n) is 4.13. The number of phenolic OH excluding ortho intramolecular Hbond substituents is 1. The molecule has 0 saturated carbocycles.